The third kappa shape index (κ3) is 3.38. The summed E-state index contributed by atoms with van der Waals surface area (Å²) < 4.78 is 0. The average Bonchev–Trinajstić information content (AvgIpc) is 2.84. The van der Waals surface area contributed by atoms with Gasteiger partial charge < -0.3 is 5.32 Å². The Kier molecular flexibility index (Phi) is 4.66. The molecule has 0 bridgehead atoms. The summed E-state index contributed by atoms with van der Waals surface area (Å²) in [5.74, 6) is 0.161. The fourth-order valence-corrected chi connectivity index (χ4v) is 3.97. The van der Waals surface area contributed by atoms with Gasteiger partial charge >= 0.3 is 0 Å². The molecule has 1 saturated carbocycles. The number of fused-ring (bicyclic) bond motifs is 2. The molecular weight excluding hydrogens is 308 g/mol. The Balaban J connectivity index is 1.63. The fourth-order valence-electron chi connectivity index (χ4n) is 3.97. The van der Waals surface area contributed by atoms with Crippen LogP contribution in [-0.2, 0) is 4.79 Å². The quantitative estimate of drug-likeness (QED) is 0.913. The van der Waals surface area contributed by atoms with E-state index in [4.69, 9.17) is 0 Å². The third-order valence-corrected chi connectivity index (χ3v) is 5.32. The number of amides is 1. The molecule has 3 nitrogen and oxygen atoms in total. The number of carbonyl (C=O) groups is 1. The molecule has 128 valence electrons. The van der Waals surface area contributed by atoms with Gasteiger partial charge in [-0.25, -0.2) is 0 Å². The first-order valence-corrected chi connectivity index (χ1v) is 9.35. The van der Waals surface area contributed by atoms with Gasteiger partial charge in [0, 0.05) is 0 Å². The second-order valence-electron chi connectivity index (χ2n) is 7.02. The van der Waals surface area contributed by atoms with Crippen LogP contribution in [-0.4, -0.2) is 18.5 Å². The van der Waals surface area contributed by atoms with Crippen LogP contribution >= 0.6 is 0 Å². The molecule has 1 aliphatic heterocycles. The van der Waals surface area contributed by atoms with E-state index in [1.165, 1.54) is 32.1 Å². The average molecular weight is 333 g/mol. The SMILES string of the molecule is O=C(C[NH2+]C1CCCCC1)N1c2ccccc2C=Cc2ccccc21. The maximum absolute atomic E-state index is 13.2. The minimum atomic E-state index is 0.161. The van der Waals surface area contributed by atoms with Crippen LogP contribution in [0.25, 0.3) is 12.2 Å². The van der Waals surface area contributed by atoms with Crippen molar-refractivity contribution in [3.8, 4) is 0 Å². The Morgan fingerprint density at radius 1 is 0.880 bits per heavy atom. The number of nitrogens with zero attached hydrogens (tertiary/aromatic N) is 1. The van der Waals surface area contributed by atoms with Crippen LogP contribution in [0, 0.1) is 0 Å². The minimum Gasteiger partial charge on any atom is -0.336 e. The standard InChI is InChI=1S/C22H24N2O/c25-22(16-23-19-10-2-1-3-11-19)24-20-12-6-4-8-17(20)14-15-18-9-5-7-13-21(18)24/h4-9,12-15,19,23H,1-3,10-11,16H2/p+1. The second kappa shape index (κ2) is 7.24. The Labute approximate surface area is 149 Å². The van der Waals surface area contributed by atoms with Gasteiger partial charge in [0.2, 0.25) is 0 Å². The van der Waals surface area contributed by atoms with Crippen LogP contribution in [0.1, 0.15) is 43.2 Å². The zero-order valence-electron chi connectivity index (χ0n) is 14.5. The van der Waals surface area contributed by atoms with Crippen molar-refractivity contribution in [3.63, 3.8) is 0 Å². The summed E-state index contributed by atoms with van der Waals surface area (Å²) in [5, 5.41) is 2.26. The third-order valence-electron chi connectivity index (χ3n) is 5.32. The van der Waals surface area contributed by atoms with Crippen molar-refractivity contribution >= 4 is 29.4 Å². The van der Waals surface area contributed by atoms with Gasteiger partial charge in [-0.15, -0.1) is 0 Å². The summed E-state index contributed by atoms with van der Waals surface area (Å²) in [6.07, 6.45) is 10.6. The topological polar surface area (TPSA) is 36.9 Å². The first-order chi connectivity index (χ1) is 12.3. The summed E-state index contributed by atoms with van der Waals surface area (Å²) in [4.78, 5) is 15.1. The Hall–Kier alpha value is -2.39. The monoisotopic (exact) mass is 333 g/mol. The number of nitrogens with two attached hydrogens (primary N) is 1. The van der Waals surface area contributed by atoms with Gasteiger partial charge in [0.1, 0.15) is 0 Å². The lowest BCUT2D eigenvalue weighted by Crippen LogP contribution is -2.92. The molecule has 1 fully saturated rings. The highest BCUT2D eigenvalue weighted by molar-refractivity contribution is 6.06. The minimum absolute atomic E-state index is 0.161. The molecule has 2 N–H and O–H groups in total. The molecule has 0 unspecified atom stereocenters. The zero-order chi connectivity index (χ0) is 17.1. The predicted molar refractivity (Wildman–Crippen MR) is 103 cm³/mol. The molecule has 0 aromatic heterocycles. The van der Waals surface area contributed by atoms with E-state index in [1.54, 1.807) is 0 Å². The molecule has 1 heterocycles. The molecule has 2 aliphatic rings. The van der Waals surface area contributed by atoms with E-state index in [0.29, 0.717) is 12.6 Å². The van der Waals surface area contributed by atoms with Crippen LogP contribution in [0.15, 0.2) is 48.5 Å². The Bertz CT molecular complexity index is 741. The van der Waals surface area contributed by atoms with Gasteiger partial charge in [-0.1, -0.05) is 55.0 Å². The van der Waals surface area contributed by atoms with Crippen molar-refractivity contribution in [2.75, 3.05) is 11.4 Å². The predicted octanol–water partition coefficient (Wildman–Crippen LogP) is 3.73. The Morgan fingerprint density at radius 2 is 1.44 bits per heavy atom. The molecular formula is C22H25N2O+. The van der Waals surface area contributed by atoms with Gasteiger partial charge in [0.05, 0.1) is 17.4 Å². The van der Waals surface area contributed by atoms with E-state index < -0.39 is 0 Å². The van der Waals surface area contributed by atoms with Gasteiger partial charge in [0.15, 0.2) is 6.54 Å². The summed E-state index contributed by atoms with van der Waals surface area (Å²) in [5.41, 5.74) is 4.13. The largest absolute Gasteiger partial charge is 0.336 e. The molecule has 2 aromatic rings. The summed E-state index contributed by atoms with van der Waals surface area (Å²) >= 11 is 0. The number of anilines is 2. The van der Waals surface area contributed by atoms with Gasteiger partial charge in [-0.3, -0.25) is 9.69 Å². The molecule has 2 aromatic carbocycles. The maximum atomic E-state index is 13.2. The summed E-state index contributed by atoms with van der Waals surface area (Å²) in [7, 11) is 0. The van der Waals surface area contributed by atoms with Crippen LogP contribution in [0.4, 0.5) is 11.4 Å². The zero-order valence-corrected chi connectivity index (χ0v) is 14.5. The van der Waals surface area contributed by atoms with Crippen LogP contribution in [0.3, 0.4) is 0 Å². The van der Waals surface area contributed by atoms with Gasteiger partial charge in [-0.05, 0) is 48.9 Å². The second-order valence-corrected chi connectivity index (χ2v) is 7.02. The molecule has 4 rings (SSSR count). The van der Waals surface area contributed by atoms with Crippen molar-refractivity contribution in [1.82, 2.24) is 0 Å². The number of hydrogen-bond donors (Lipinski definition) is 1. The number of hydrogen-bond acceptors (Lipinski definition) is 1. The summed E-state index contributed by atoms with van der Waals surface area (Å²) in [6.45, 7) is 0.507. The first kappa shape index (κ1) is 16.1. The Morgan fingerprint density at radius 3 is 2.04 bits per heavy atom. The van der Waals surface area contributed by atoms with E-state index in [-0.39, 0.29) is 5.91 Å². The van der Waals surface area contributed by atoms with Crippen LogP contribution in [0.5, 0.6) is 0 Å². The molecule has 0 atom stereocenters. The van der Waals surface area contributed by atoms with E-state index in [0.717, 1.165) is 22.5 Å². The number of carbonyl (C=O) groups excluding carboxylic acids is 1. The highest BCUT2D eigenvalue weighted by atomic mass is 16.2. The van der Waals surface area contributed by atoms with Crippen molar-refractivity contribution in [1.29, 1.82) is 0 Å². The van der Waals surface area contributed by atoms with Crippen molar-refractivity contribution < 1.29 is 10.1 Å². The lowest BCUT2D eigenvalue weighted by atomic mass is 9.95. The molecule has 1 amide bonds. The lowest BCUT2D eigenvalue weighted by molar-refractivity contribution is -0.681. The number of rotatable bonds is 3. The molecule has 1 aliphatic carbocycles. The molecule has 0 saturated heterocycles. The molecule has 0 spiro atoms. The molecule has 25 heavy (non-hydrogen) atoms. The highest BCUT2D eigenvalue weighted by Gasteiger charge is 2.26. The number of quaternary nitrogens is 1. The normalized spacial score (nSPS) is 16.9. The van der Waals surface area contributed by atoms with Gasteiger partial charge in [0.25, 0.3) is 5.91 Å². The van der Waals surface area contributed by atoms with Crippen molar-refractivity contribution in [2.24, 2.45) is 0 Å². The van der Waals surface area contributed by atoms with E-state index in [9.17, 15) is 4.79 Å². The smallest absolute Gasteiger partial charge is 0.286 e. The number of para-hydroxylation sites is 2. The van der Waals surface area contributed by atoms with E-state index in [1.807, 2.05) is 41.3 Å². The van der Waals surface area contributed by atoms with Gasteiger partial charge in [-0.2, -0.15) is 0 Å². The van der Waals surface area contributed by atoms with E-state index in [2.05, 4.69) is 29.6 Å². The van der Waals surface area contributed by atoms with Crippen molar-refractivity contribution in [3.05, 3.63) is 59.7 Å². The molecule has 0 radical (unpaired) electrons. The molecule has 3 heteroatoms. The maximum Gasteiger partial charge on any atom is 0.286 e. The lowest BCUT2D eigenvalue weighted by Gasteiger charge is -2.26. The van der Waals surface area contributed by atoms with E-state index >= 15 is 0 Å². The number of benzene rings is 2. The van der Waals surface area contributed by atoms with Crippen LogP contribution < -0.4 is 10.2 Å². The highest BCUT2D eigenvalue weighted by Crippen LogP contribution is 2.35. The summed E-state index contributed by atoms with van der Waals surface area (Å²) in [6, 6.07) is 16.9. The first-order valence-electron chi connectivity index (χ1n) is 9.35. The van der Waals surface area contributed by atoms with Crippen molar-refractivity contribution in [2.45, 2.75) is 38.1 Å². The van der Waals surface area contributed by atoms with Crippen LogP contribution in [0.2, 0.25) is 0 Å². The fraction of sp³-hybridized carbons (Fsp3) is 0.318.